The molecular weight excluding hydrogens is 188 g/mol. The van der Waals surface area contributed by atoms with Crippen molar-refractivity contribution in [3.05, 3.63) is 23.3 Å². The van der Waals surface area contributed by atoms with Crippen molar-refractivity contribution in [2.45, 2.75) is 46.6 Å². The topological polar surface area (TPSA) is 37.3 Å². The van der Waals surface area contributed by atoms with Gasteiger partial charge in [0.05, 0.1) is 6.10 Å². The molecule has 1 N–H and O–H groups in total. The molecule has 84 valence electrons. The highest BCUT2D eigenvalue weighted by molar-refractivity contribution is 5.93. The van der Waals surface area contributed by atoms with Gasteiger partial charge in [-0.1, -0.05) is 19.9 Å². The SMILES string of the molecule is CC1=CC(=O)CC(C)(C)/C1=C\C[C@@H](C)O. The van der Waals surface area contributed by atoms with Gasteiger partial charge >= 0.3 is 0 Å². The van der Waals surface area contributed by atoms with Crippen LogP contribution in [0, 0.1) is 5.41 Å². The molecule has 1 rings (SSSR count). The van der Waals surface area contributed by atoms with Gasteiger partial charge in [-0.25, -0.2) is 0 Å². The molecule has 0 aromatic heterocycles. The molecule has 0 aromatic rings. The zero-order chi connectivity index (χ0) is 11.6. The van der Waals surface area contributed by atoms with Crippen LogP contribution in [0.5, 0.6) is 0 Å². The van der Waals surface area contributed by atoms with Crippen LogP contribution in [0.25, 0.3) is 0 Å². The average molecular weight is 208 g/mol. The van der Waals surface area contributed by atoms with Gasteiger partial charge in [0.25, 0.3) is 0 Å². The Morgan fingerprint density at radius 1 is 1.60 bits per heavy atom. The summed E-state index contributed by atoms with van der Waals surface area (Å²) in [5.41, 5.74) is 2.14. The molecule has 15 heavy (non-hydrogen) atoms. The zero-order valence-electron chi connectivity index (χ0n) is 10.0. The average Bonchev–Trinajstić information content (AvgIpc) is 1.98. The number of aliphatic hydroxyl groups excluding tert-OH is 1. The van der Waals surface area contributed by atoms with E-state index in [1.54, 1.807) is 13.0 Å². The van der Waals surface area contributed by atoms with Crippen LogP contribution in [0.15, 0.2) is 23.3 Å². The van der Waals surface area contributed by atoms with Crippen molar-refractivity contribution in [2.24, 2.45) is 5.41 Å². The van der Waals surface area contributed by atoms with Crippen LogP contribution in [0.4, 0.5) is 0 Å². The number of aliphatic hydroxyl groups is 1. The quantitative estimate of drug-likeness (QED) is 0.757. The lowest BCUT2D eigenvalue weighted by atomic mass is 9.72. The predicted molar refractivity (Wildman–Crippen MR) is 61.5 cm³/mol. The van der Waals surface area contributed by atoms with Crippen LogP contribution in [0.2, 0.25) is 0 Å². The second-order valence-corrected chi connectivity index (χ2v) is 5.06. The second-order valence-electron chi connectivity index (χ2n) is 5.06. The van der Waals surface area contributed by atoms with Gasteiger partial charge in [0, 0.05) is 6.42 Å². The van der Waals surface area contributed by atoms with E-state index in [0.29, 0.717) is 12.8 Å². The normalized spacial score (nSPS) is 25.3. The maximum absolute atomic E-state index is 11.4. The minimum atomic E-state index is -0.321. The fourth-order valence-corrected chi connectivity index (χ4v) is 2.16. The molecule has 0 bridgehead atoms. The Kier molecular flexibility index (Phi) is 3.50. The standard InChI is InChI=1S/C13H20O2/c1-9-7-11(15)8-13(3,4)12(9)6-5-10(2)14/h6-7,10,14H,5,8H2,1-4H3/b12-6-/t10-/m1/s1. The third-order valence-corrected chi connectivity index (χ3v) is 2.81. The minimum absolute atomic E-state index is 0.0925. The molecule has 0 amide bonds. The van der Waals surface area contributed by atoms with E-state index in [1.165, 1.54) is 5.57 Å². The Morgan fingerprint density at radius 2 is 2.20 bits per heavy atom. The first kappa shape index (κ1) is 12.2. The van der Waals surface area contributed by atoms with Gasteiger partial charge in [-0.3, -0.25) is 4.79 Å². The zero-order valence-corrected chi connectivity index (χ0v) is 10.0. The summed E-state index contributed by atoms with van der Waals surface area (Å²) in [6.45, 7) is 7.90. The van der Waals surface area contributed by atoms with Crippen molar-refractivity contribution in [1.29, 1.82) is 0 Å². The van der Waals surface area contributed by atoms with E-state index >= 15 is 0 Å². The fraction of sp³-hybridized carbons (Fsp3) is 0.615. The summed E-state index contributed by atoms with van der Waals surface area (Å²) in [7, 11) is 0. The summed E-state index contributed by atoms with van der Waals surface area (Å²) in [5.74, 6) is 0.201. The largest absolute Gasteiger partial charge is 0.393 e. The van der Waals surface area contributed by atoms with E-state index in [-0.39, 0.29) is 17.3 Å². The molecule has 0 saturated carbocycles. The molecule has 0 aromatic carbocycles. The molecule has 1 atom stereocenters. The van der Waals surface area contributed by atoms with Gasteiger partial charge in [0.1, 0.15) is 0 Å². The molecule has 0 aliphatic heterocycles. The van der Waals surface area contributed by atoms with Gasteiger partial charge < -0.3 is 5.11 Å². The summed E-state index contributed by atoms with van der Waals surface area (Å²) in [4.78, 5) is 11.4. The lowest BCUT2D eigenvalue weighted by Crippen LogP contribution is -2.24. The molecule has 1 aliphatic rings. The van der Waals surface area contributed by atoms with Crippen LogP contribution >= 0.6 is 0 Å². The summed E-state index contributed by atoms with van der Waals surface area (Å²) in [6, 6.07) is 0. The fourth-order valence-electron chi connectivity index (χ4n) is 2.16. The summed E-state index contributed by atoms with van der Waals surface area (Å²) < 4.78 is 0. The van der Waals surface area contributed by atoms with Crippen LogP contribution in [0.1, 0.15) is 40.5 Å². The number of hydrogen-bond acceptors (Lipinski definition) is 2. The molecule has 1 aliphatic carbocycles. The van der Waals surface area contributed by atoms with Crippen LogP contribution in [-0.4, -0.2) is 17.0 Å². The molecule has 2 nitrogen and oxygen atoms in total. The second kappa shape index (κ2) is 4.31. The van der Waals surface area contributed by atoms with Crippen molar-refractivity contribution < 1.29 is 9.90 Å². The van der Waals surface area contributed by atoms with E-state index in [2.05, 4.69) is 19.9 Å². The molecular formula is C13H20O2. The van der Waals surface area contributed by atoms with Crippen LogP contribution in [-0.2, 0) is 4.79 Å². The maximum Gasteiger partial charge on any atom is 0.156 e. The number of rotatable bonds is 2. The van der Waals surface area contributed by atoms with Crippen molar-refractivity contribution >= 4 is 5.78 Å². The lowest BCUT2D eigenvalue weighted by Gasteiger charge is -2.31. The number of hydrogen-bond donors (Lipinski definition) is 1. The molecule has 0 radical (unpaired) electrons. The van der Waals surface area contributed by atoms with Crippen LogP contribution < -0.4 is 0 Å². The van der Waals surface area contributed by atoms with Crippen molar-refractivity contribution in [3.8, 4) is 0 Å². The minimum Gasteiger partial charge on any atom is -0.393 e. The number of allylic oxidation sites excluding steroid dienone is 3. The first-order valence-corrected chi connectivity index (χ1v) is 5.43. The van der Waals surface area contributed by atoms with Crippen molar-refractivity contribution in [1.82, 2.24) is 0 Å². The van der Waals surface area contributed by atoms with E-state index < -0.39 is 0 Å². The summed E-state index contributed by atoms with van der Waals surface area (Å²) in [5, 5.41) is 9.26. The van der Waals surface area contributed by atoms with Crippen molar-refractivity contribution in [2.75, 3.05) is 0 Å². The number of carbonyl (C=O) groups excluding carboxylic acids is 1. The van der Waals surface area contributed by atoms with E-state index in [1.807, 2.05) is 6.92 Å². The Morgan fingerprint density at radius 3 is 2.67 bits per heavy atom. The Hall–Kier alpha value is -0.890. The lowest BCUT2D eigenvalue weighted by molar-refractivity contribution is -0.116. The third kappa shape index (κ3) is 3.03. The molecule has 2 heteroatoms. The Balaban J connectivity index is 2.98. The molecule has 0 unspecified atom stereocenters. The first-order valence-electron chi connectivity index (χ1n) is 5.43. The molecule has 0 heterocycles. The molecule has 0 fully saturated rings. The van der Waals surface area contributed by atoms with E-state index in [9.17, 15) is 9.90 Å². The molecule has 0 spiro atoms. The highest BCUT2D eigenvalue weighted by atomic mass is 16.3. The smallest absolute Gasteiger partial charge is 0.156 e. The van der Waals surface area contributed by atoms with Gasteiger partial charge in [-0.05, 0) is 42.9 Å². The highest BCUT2D eigenvalue weighted by Gasteiger charge is 2.30. The van der Waals surface area contributed by atoms with Gasteiger partial charge in [-0.15, -0.1) is 0 Å². The summed E-state index contributed by atoms with van der Waals surface area (Å²) >= 11 is 0. The van der Waals surface area contributed by atoms with E-state index in [4.69, 9.17) is 0 Å². The number of carbonyl (C=O) groups is 1. The van der Waals surface area contributed by atoms with Gasteiger partial charge in [-0.2, -0.15) is 0 Å². The van der Waals surface area contributed by atoms with Gasteiger partial charge in [0.2, 0.25) is 0 Å². The first-order chi connectivity index (χ1) is 6.83. The van der Waals surface area contributed by atoms with Crippen molar-refractivity contribution in [3.63, 3.8) is 0 Å². The van der Waals surface area contributed by atoms with Crippen LogP contribution in [0.3, 0.4) is 0 Å². The van der Waals surface area contributed by atoms with E-state index in [0.717, 1.165) is 5.57 Å². The monoisotopic (exact) mass is 208 g/mol. The maximum atomic E-state index is 11.4. The highest BCUT2D eigenvalue weighted by Crippen LogP contribution is 2.39. The van der Waals surface area contributed by atoms with Gasteiger partial charge in [0.15, 0.2) is 5.78 Å². The Labute approximate surface area is 91.7 Å². The Bertz CT molecular complexity index is 319. The summed E-state index contributed by atoms with van der Waals surface area (Å²) in [6.07, 6.45) is 4.66. The predicted octanol–water partition coefficient (Wildman–Crippen LogP) is 2.63. The number of ketones is 1. The molecule has 0 saturated heterocycles. The third-order valence-electron chi connectivity index (χ3n) is 2.81.